The molecule has 2 aliphatic rings. The second-order valence-corrected chi connectivity index (χ2v) is 6.77. The predicted octanol–water partition coefficient (Wildman–Crippen LogP) is 2.28. The van der Waals surface area contributed by atoms with Crippen molar-refractivity contribution in [1.82, 2.24) is 14.7 Å². The van der Waals surface area contributed by atoms with E-state index in [0.717, 1.165) is 49.4 Å². The molecule has 6 nitrogen and oxygen atoms in total. The molecule has 2 aliphatic heterocycles. The third-order valence-electron chi connectivity index (χ3n) is 5.25. The lowest BCUT2D eigenvalue weighted by Crippen LogP contribution is -2.35. The molecule has 0 N–H and O–H groups in total. The maximum absolute atomic E-state index is 11.8. The summed E-state index contributed by atoms with van der Waals surface area (Å²) in [4.78, 5) is 16.0. The van der Waals surface area contributed by atoms with Gasteiger partial charge in [0, 0.05) is 50.4 Å². The second-order valence-electron chi connectivity index (χ2n) is 6.77. The van der Waals surface area contributed by atoms with Crippen molar-refractivity contribution in [2.75, 3.05) is 18.0 Å². The summed E-state index contributed by atoms with van der Waals surface area (Å²) in [5, 5.41) is 13.9. The molecule has 0 bridgehead atoms. The molecule has 4 rings (SSSR count). The maximum atomic E-state index is 11.8. The van der Waals surface area contributed by atoms with Crippen molar-refractivity contribution in [2.45, 2.75) is 32.7 Å². The van der Waals surface area contributed by atoms with Crippen LogP contribution >= 0.6 is 0 Å². The van der Waals surface area contributed by atoms with Crippen LogP contribution in [0.1, 0.15) is 35.7 Å². The van der Waals surface area contributed by atoms with Gasteiger partial charge in [-0.05, 0) is 36.6 Å². The Balaban J connectivity index is 1.78. The highest BCUT2D eigenvalue weighted by molar-refractivity contribution is 5.75. The van der Waals surface area contributed by atoms with Crippen LogP contribution in [0.2, 0.25) is 0 Å². The first kappa shape index (κ1) is 15.7. The van der Waals surface area contributed by atoms with Crippen molar-refractivity contribution < 1.29 is 4.79 Å². The minimum Gasteiger partial charge on any atom is -0.338 e. The number of anilines is 2. The van der Waals surface area contributed by atoms with Gasteiger partial charge < -0.3 is 9.80 Å². The van der Waals surface area contributed by atoms with Crippen LogP contribution in [0.25, 0.3) is 0 Å². The maximum Gasteiger partial charge on any atom is 0.219 e. The molecule has 0 fully saturated rings. The number of aromatic nitrogens is 2. The van der Waals surface area contributed by atoms with Crippen molar-refractivity contribution in [3.8, 4) is 6.07 Å². The highest BCUT2D eigenvalue weighted by Crippen LogP contribution is 2.37. The van der Waals surface area contributed by atoms with E-state index in [0.29, 0.717) is 12.1 Å². The number of carbonyl (C=O) groups is 1. The van der Waals surface area contributed by atoms with E-state index in [1.165, 1.54) is 11.3 Å². The van der Waals surface area contributed by atoms with Crippen LogP contribution in [-0.2, 0) is 31.2 Å². The van der Waals surface area contributed by atoms with Crippen molar-refractivity contribution in [1.29, 1.82) is 5.26 Å². The summed E-state index contributed by atoms with van der Waals surface area (Å²) in [5.41, 5.74) is 5.40. The van der Waals surface area contributed by atoms with Crippen molar-refractivity contribution in [2.24, 2.45) is 7.05 Å². The van der Waals surface area contributed by atoms with Gasteiger partial charge in [-0.3, -0.25) is 9.48 Å². The Hall–Kier alpha value is -2.81. The number of carbonyl (C=O) groups excluding carboxylic acids is 1. The van der Waals surface area contributed by atoms with E-state index in [4.69, 9.17) is 10.4 Å². The van der Waals surface area contributed by atoms with Gasteiger partial charge in [-0.1, -0.05) is 0 Å². The third kappa shape index (κ3) is 2.56. The molecule has 128 valence electrons. The first-order chi connectivity index (χ1) is 12.1. The van der Waals surface area contributed by atoms with Crippen LogP contribution in [-0.4, -0.2) is 33.7 Å². The van der Waals surface area contributed by atoms with E-state index in [-0.39, 0.29) is 5.91 Å². The number of nitrogens with zero attached hydrogens (tertiary/aromatic N) is 5. The molecule has 0 spiro atoms. The molecule has 3 heterocycles. The Kier molecular flexibility index (Phi) is 3.72. The predicted molar refractivity (Wildman–Crippen MR) is 94.5 cm³/mol. The van der Waals surface area contributed by atoms with Crippen LogP contribution in [0.5, 0.6) is 0 Å². The standard InChI is InChI=1S/C19H21N5O/c1-13(25)23-9-7-18-16(12-23)19(21-22(18)2)24-8-3-4-15-10-14(11-20)5-6-17(15)24/h5-6,10H,3-4,7-9,12H2,1-2H3. The van der Waals surface area contributed by atoms with Crippen LogP contribution < -0.4 is 4.90 Å². The number of aryl methyl sites for hydroxylation is 2. The van der Waals surface area contributed by atoms with E-state index in [1.54, 1.807) is 6.92 Å². The molecular weight excluding hydrogens is 314 g/mol. The van der Waals surface area contributed by atoms with E-state index in [2.05, 4.69) is 11.0 Å². The lowest BCUT2D eigenvalue weighted by molar-refractivity contribution is -0.129. The first-order valence-corrected chi connectivity index (χ1v) is 8.69. The molecule has 0 atom stereocenters. The lowest BCUT2D eigenvalue weighted by Gasteiger charge is -2.32. The molecule has 1 amide bonds. The summed E-state index contributed by atoms with van der Waals surface area (Å²) < 4.78 is 1.96. The van der Waals surface area contributed by atoms with Gasteiger partial charge in [0.05, 0.1) is 18.2 Å². The SMILES string of the molecule is CC(=O)N1CCc2c(c(N3CCCc4cc(C#N)ccc43)nn2C)C1. The lowest BCUT2D eigenvalue weighted by atomic mass is 9.98. The van der Waals surface area contributed by atoms with Crippen LogP contribution in [0.3, 0.4) is 0 Å². The molecule has 1 aromatic heterocycles. The summed E-state index contributed by atoms with van der Waals surface area (Å²) in [5.74, 6) is 1.06. The third-order valence-corrected chi connectivity index (χ3v) is 5.25. The molecule has 0 unspecified atom stereocenters. The van der Waals surface area contributed by atoms with Gasteiger partial charge in [-0.15, -0.1) is 0 Å². The summed E-state index contributed by atoms with van der Waals surface area (Å²) in [6.45, 7) is 3.91. The van der Waals surface area contributed by atoms with Gasteiger partial charge in [0.1, 0.15) is 0 Å². The highest BCUT2D eigenvalue weighted by atomic mass is 16.2. The Labute approximate surface area is 147 Å². The van der Waals surface area contributed by atoms with Crippen molar-refractivity contribution >= 4 is 17.4 Å². The van der Waals surface area contributed by atoms with Gasteiger partial charge in [-0.2, -0.15) is 10.4 Å². The molecule has 0 saturated carbocycles. The summed E-state index contributed by atoms with van der Waals surface area (Å²) in [6.07, 6.45) is 2.85. The van der Waals surface area contributed by atoms with Crippen LogP contribution in [0.15, 0.2) is 18.2 Å². The van der Waals surface area contributed by atoms with E-state index >= 15 is 0 Å². The Morgan fingerprint density at radius 3 is 2.88 bits per heavy atom. The first-order valence-electron chi connectivity index (χ1n) is 8.69. The van der Waals surface area contributed by atoms with Gasteiger partial charge in [0.25, 0.3) is 0 Å². The number of hydrogen-bond acceptors (Lipinski definition) is 4. The minimum absolute atomic E-state index is 0.109. The molecule has 0 aliphatic carbocycles. The fraction of sp³-hybridized carbons (Fsp3) is 0.421. The van der Waals surface area contributed by atoms with Crippen LogP contribution in [0, 0.1) is 11.3 Å². The average Bonchev–Trinajstić information content (AvgIpc) is 2.96. The van der Waals surface area contributed by atoms with Gasteiger partial charge in [0.15, 0.2) is 5.82 Å². The number of hydrogen-bond donors (Lipinski definition) is 0. The molecule has 2 aromatic rings. The van der Waals surface area contributed by atoms with Gasteiger partial charge in [-0.25, -0.2) is 0 Å². The molecule has 0 radical (unpaired) electrons. The number of fused-ring (bicyclic) bond motifs is 2. The zero-order chi connectivity index (χ0) is 17.6. The van der Waals surface area contributed by atoms with Gasteiger partial charge >= 0.3 is 0 Å². The molecule has 6 heteroatoms. The van der Waals surface area contributed by atoms with E-state index in [1.807, 2.05) is 34.8 Å². The quantitative estimate of drug-likeness (QED) is 0.802. The minimum atomic E-state index is 0.109. The van der Waals surface area contributed by atoms with E-state index in [9.17, 15) is 4.79 Å². The zero-order valence-electron chi connectivity index (χ0n) is 14.6. The van der Waals surface area contributed by atoms with Crippen LogP contribution in [0.4, 0.5) is 11.5 Å². The molecule has 0 saturated heterocycles. The molecule has 25 heavy (non-hydrogen) atoms. The average molecular weight is 335 g/mol. The Morgan fingerprint density at radius 2 is 2.12 bits per heavy atom. The Bertz CT molecular complexity index is 892. The fourth-order valence-electron chi connectivity index (χ4n) is 3.94. The van der Waals surface area contributed by atoms with E-state index < -0.39 is 0 Å². The van der Waals surface area contributed by atoms with Crippen molar-refractivity contribution in [3.63, 3.8) is 0 Å². The second kappa shape index (κ2) is 5.92. The Morgan fingerprint density at radius 1 is 1.28 bits per heavy atom. The largest absolute Gasteiger partial charge is 0.338 e. The fourth-order valence-corrected chi connectivity index (χ4v) is 3.94. The zero-order valence-corrected chi connectivity index (χ0v) is 14.6. The summed E-state index contributed by atoms with van der Waals surface area (Å²) in [7, 11) is 1.98. The number of amides is 1. The smallest absolute Gasteiger partial charge is 0.219 e. The van der Waals surface area contributed by atoms with Gasteiger partial charge in [0.2, 0.25) is 5.91 Å². The summed E-state index contributed by atoms with van der Waals surface area (Å²) >= 11 is 0. The summed E-state index contributed by atoms with van der Waals surface area (Å²) in [6, 6.07) is 8.10. The van der Waals surface area contributed by atoms with Crippen molar-refractivity contribution in [3.05, 3.63) is 40.6 Å². The monoisotopic (exact) mass is 335 g/mol. The number of rotatable bonds is 1. The molecule has 1 aromatic carbocycles. The number of nitriles is 1. The molecular formula is C19H21N5O. The topological polar surface area (TPSA) is 65.2 Å². The highest BCUT2D eigenvalue weighted by Gasteiger charge is 2.30. The normalized spacial score (nSPS) is 16.2. The number of benzene rings is 1.